The average molecular weight is 279 g/mol. The van der Waals surface area contributed by atoms with E-state index in [9.17, 15) is 9.90 Å². The molecule has 2 aromatic rings. The SMILES string of the molecule is CC(O)CN(C)C(=O)c1cc(Cl)c2ccccc2n1. The highest BCUT2D eigenvalue weighted by molar-refractivity contribution is 6.35. The van der Waals surface area contributed by atoms with E-state index in [0.29, 0.717) is 10.5 Å². The van der Waals surface area contributed by atoms with E-state index in [1.165, 1.54) is 4.90 Å². The van der Waals surface area contributed by atoms with Crippen LogP contribution in [0.1, 0.15) is 17.4 Å². The van der Waals surface area contributed by atoms with Gasteiger partial charge in [-0.05, 0) is 19.1 Å². The molecule has 1 amide bonds. The molecule has 1 N–H and O–H groups in total. The van der Waals surface area contributed by atoms with Gasteiger partial charge in [0, 0.05) is 19.0 Å². The number of rotatable bonds is 3. The average Bonchev–Trinajstić information content (AvgIpc) is 2.37. The Bertz CT molecular complexity index is 613. The van der Waals surface area contributed by atoms with E-state index in [2.05, 4.69) is 4.98 Å². The van der Waals surface area contributed by atoms with Crippen LogP contribution in [0.3, 0.4) is 0 Å². The Hall–Kier alpha value is -1.65. The monoisotopic (exact) mass is 278 g/mol. The molecule has 0 saturated carbocycles. The van der Waals surface area contributed by atoms with Crippen LogP contribution in [0.25, 0.3) is 10.9 Å². The third-order valence-electron chi connectivity index (χ3n) is 2.77. The number of hydrogen-bond donors (Lipinski definition) is 1. The van der Waals surface area contributed by atoms with E-state index in [0.717, 1.165) is 5.39 Å². The van der Waals surface area contributed by atoms with Crippen molar-refractivity contribution in [2.45, 2.75) is 13.0 Å². The summed E-state index contributed by atoms with van der Waals surface area (Å²) in [6.07, 6.45) is -0.579. The summed E-state index contributed by atoms with van der Waals surface area (Å²) in [5.41, 5.74) is 0.968. The highest BCUT2D eigenvalue weighted by Gasteiger charge is 2.16. The largest absolute Gasteiger partial charge is 0.392 e. The van der Waals surface area contributed by atoms with Crippen LogP contribution in [0.5, 0.6) is 0 Å². The Morgan fingerprint density at radius 2 is 2.16 bits per heavy atom. The Kier molecular flexibility index (Phi) is 4.02. The molecule has 0 radical (unpaired) electrons. The number of amides is 1. The van der Waals surface area contributed by atoms with E-state index >= 15 is 0 Å². The second-order valence-corrected chi connectivity index (χ2v) is 4.95. The predicted octanol–water partition coefficient (Wildman–Crippen LogP) is 2.34. The topological polar surface area (TPSA) is 53.4 Å². The molecule has 100 valence electrons. The highest BCUT2D eigenvalue weighted by Crippen LogP contribution is 2.23. The maximum atomic E-state index is 12.2. The molecule has 1 atom stereocenters. The highest BCUT2D eigenvalue weighted by atomic mass is 35.5. The molecular weight excluding hydrogens is 264 g/mol. The van der Waals surface area contributed by atoms with E-state index in [1.807, 2.05) is 24.3 Å². The number of hydrogen-bond acceptors (Lipinski definition) is 3. The first-order valence-corrected chi connectivity index (χ1v) is 6.35. The smallest absolute Gasteiger partial charge is 0.272 e. The van der Waals surface area contributed by atoms with Crippen LogP contribution in [0.4, 0.5) is 0 Å². The van der Waals surface area contributed by atoms with Gasteiger partial charge in [-0.2, -0.15) is 0 Å². The molecule has 0 aliphatic carbocycles. The van der Waals surface area contributed by atoms with Gasteiger partial charge < -0.3 is 10.0 Å². The van der Waals surface area contributed by atoms with Crippen LogP contribution in [0.2, 0.25) is 5.02 Å². The molecule has 1 unspecified atom stereocenters. The summed E-state index contributed by atoms with van der Waals surface area (Å²) >= 11 is 6.16. The normalized spacial score (nSPS) is 12.4. The van der Waals surface area contributed by atoms with Gasteiger partial charge in [0.2, 0.25) is 0 Å². The van der Waals surface area contributed by atoms with Crippen molar-refractivity contribution in [1.29, 1.82) is 0 Å². The molecule has 0 saturated heterocycles. The fraction of sp³-hybridized carbons (Fsp3) is 0.286. The first kappa shape index (κ1) is 13.8. The van der Waals surface area contributed by atoms with E-state index in [4.69, 9.17) is 11.6 Å². The van der Waals surface area contributed by atoms with Gasteiger partial charge in [-0.3, -0.25) is 4.79 Å². The first-order valence-electron chi connectivity index (χ1n) is 5.98. The molecular formula is C14H15ClN2O2. The molecule has 1 heterocycles. The number of para-hydroxylation sites is 1. The Morgan fingerprint density at radius 1 is 1.47 bits per heavy atom. The fourth-order valence-electron chi connectivity index (χ4n) is 1.92. The van der Waals surface area contributed by atoms with Gasteiger partial charge >= 0.3 is 0 Å². The number of carbonyl (C=O) groups is 1. The molecule has 2 rings (SSSR count). The summed E-state index contributed by atoms with van der Waals surface area (Å²) in [6.45, 7) is 1.88. The number of aliphatic hydroxyl groups excluding tert-OH is 1. The molecule has 1 aromatic carbocycles. The number of halogens is 1. The zero-order valence-corrected chi connectivity index (χ0v) is 11.6. The van der Waals surface area contributed by atoms with Crippen LogP contribution in [-0.2, 0) is 0 Å². The van der Waals surface area contributed by atoms with Crippen molar-refractivity contribution in [2.24, 2.45) is 0 Å². The van der Waals surface area contributed by atoms with Gasteiger partial charge in [-0.1, -0.05) is 29.8 Å². The lowest BCUT2D eigenvalue weighted by Gasteiger charge is -2.18. The number of aromatic nitrogens is 1. The Labute approximate surface area is 116 Å². The second-order valence-electron chi connectivity index (χ2n) is 4.54. The first-order chi connectivity index (χ1) is 8.99. The maximum absolute atomic E-state index is 12.2. The minimum Gasteiger partial charge on any atom is -0.392 e. The molecule has 0 aliphatic heterocycles. The number of aliphatic hydroxyl groups is 1. The van der Waals surface area contributed by atoms with Crippen LogP contribution in [0.15, 0.2) is 30.3 Å². The minimum absolute atomic E-state index is 0.255. The zero-order valence-electron chi connectivity index (χ0n) is 10.8. The van der Waals surface area contributed by atoms with Crippen LogP contribution in [0, 0.1) is 0 Å². The van der Waals surface area contributed by atoms with Gasteiger partial charge in [0.25, 0.3) is 5.91 Å². The van der Waals surface area contributed by atoms with Gasteiger partial charge in [-0.15, -0.1) is 0 Å². The van der Waals surface area contributed by atoms with Gasteiger partial charge in [0.15, 0.2) is 0 Å². The molecule has 0 spiro atoms. The quantitative estimate of drug-likeness (QED) is 0.938. The molecule has 5 heteroatoms. The Balaban J connectivity index is 2.38. The van der Waals surface area contributed by atoms with Crippen molar-refractivity contribution in [3.63, 3.8) is 0 Å². The van der Waals surface area contributed by atoms with E-state index in [1.54, 1.807) is 20.0 Å². The number of pyridine rings is 1. The number of fused-ring (bicyclic) bond motifs is 1. The predicted molar refractivity (Wildman–Crippen MR) is 75.4 cm³/mol. The molecule has 1 aromatic heterocycles. The Morgan fingerprint density at radius 3 is 2.84 bits per heavy atom. The molecule has 4 nitrogen and oxygen atoms in total. The van der Waals surface area contributed by atoms with Crippen molar-refractivity contribution >= 4 is 28.4 Å². The summed E-state index contributed by atoms with van der Waals surface area (Å²) < 4.78 is 0. The number of likely N-dealkylation sites (N-methyl/N-ethyl adjacent to an activating group) is 1. The van der Waals surface area contributed by atoms with E-state index < -0.39 is 6.10 Å². The second kappa shape index (κ2) is 5.55. The molecule has 19 heavy (non-hydrogen) atoms. The van der Waals surface area contributed by atoms with E-state index in [-0.39, 0.29) is 18.1 Å². The molecule has 0 aliphatic rings. The summed E-state index contributed by atoms with van der Waals surface area (Å²) in [4.78, 5) is 17.9. The van der Waals surface area contributed by atoms with Crippen molar-refractivity contribution in [1.82, 2.24) is 9.88 Å². The van der Waals surface area contributed by atoms with Crippen LogP contribution < -0.4 is 0 Å². The van der Waals surface area contributed by atoms with Crippen molar-refractivity contribution < 1.29 is 9.90 Å². The molecule has 0 fully saturated rings. The summed E-state index contributed by atoms with van der Waals surface area (Å²) in [5, 5.41) is 10.6. The molecule has 0 bridgehead atoms. The summed E-state index contributed by atoms with van der Waals surface area (Å²) in [5.74, 6) is -0.256. The van der Waals surface area contributed by atoms with Crippen LogP contribution >= 0.6 is 11.6 Å². The third-order valence-corrected chi connectivity index (χ3v) is 3.08. The lowest BCUT2D eigenvalue weighted by molar-refractivity contribution is 0.0698. The van der Waals surface area contributed by atoms with Crippen LogP contribution in [-0.4, -0.2) is 40.6 Å². The van der Waals surface area contributed by atoms with Crippen molar-refractivity contribution in [2.75, 3.05) is 13.6 Å². The lowest BCUT2D eigenvalue weighted by atomic mass is 10.2. The van der Waals surface area contributed by atoms with Gasteiger partial charge in [0.05, 0.1) is 16.6 Å². The standard InChI is InChI=1S/C14H15ClN2O2/c1-9(18)8-17(2)14(19)13-7-11(15)10-5-3-4-6-12(10)16-13/h3-7,9,18H,8H2,1-2H3. The third kappa shape index (κ3) is 3.03. The zero-order chi connectivity index (χ0) is 14.0. The number of nitrogens with zero attached hydrogens (tertiary/aromatic N) is 2. The summed E-state index contributed by atoms with van der Waals surface area (Å²) in [7, 11) is 1.62. The van der Waals surface area contributed by atoms with Gasteiger partial charge in [-0.25, -0.2) is 4.98 Å². The number of benzene rings is 1. The van der Waals surface area contributed by atoms with Crippen molar-refractivity contribution in [3.05, 3.63) is 41.0 Å². The van der Waals surface area contributed by atoms with Crippen molar-refractivity contribution in [3.8, 4) is 0 Å². The number of carbonyl (C=O) groups excluding carboxylic acids is 1. The summed E-state index contributed by atoms with van der Waals surface area (Å²) in [6, 6.07) is 8.95. The maximum Gasteiger partial charge on any atom is 0.272 e. The van der Waals surface area contributed by atoms with Gasteiger partial charge in [0.1, 0.15) is 5.69 Å². The fourth-order valence-corrected chi connectivity index (χ4v) is 2.18. The minimum atomic E-state index is -0.579. The lowest BCUT2D eigenvalue weighted by Crippen LogP contribution is -2.33.